The van der Waals surface area contributed by atoms with Gasteiger partial charge in [-0.05, 0) is 31.2 Å². The van der Waals surface area contributed by atoms with Crippen molar-refractivity contribution in [1.82, 2.24) is 4.57 Å². The molecule has 6 heteroatoms. The number of aromatic nitrogens is 1. The van der Waals surface area contributed by atoms with E-state index in [1.807, 2.05) is 43.3 Å². The van der Waals surface area contributed by atoms with Crippen molar-refractivity contribution < 1.29 is 14.7 Å². The van der Waals surface area contributed by atoms with Crippen LogP contribution in [0.4, 0.5) is 0 Å². The second kappa shape index (κ2) is 6.80. The highest BCUT2D eigenvalue weighted by molar-refractivity contribution is 7.16. The number of aryl methyl sites for hydroxylation is 2. The molecule has 0 spiro atoms. The number of fused-ring (bicyclic) bond motifs is 1. The van der Waals surface area contributed by atoms with E-state index in [9.17, 15) is 9.59 Å². The summed E-state index contributed by atoms with van der Waals surface area (Å²) < 4.78 is 2.76. The van der Waals surface area contributed by atoms with Gasteiger partial charge in [0.2, 0.25) is 0 Å². The third-order valence-corrected chi connectivity index (χ3v) is 4.69. The minimum absolute atomic E-state index is 0.0212. The van der Waals surface area contributed by atoms with Crippen molar-refractivity contribution in [3.05, 3.63) is 64.5 Å². The van der Waals surface area contributed by atoms with Gasteiger partial charge in [0.1, 0.15) is 0 Å². The summed E-state index contributed by atoms with van der Waals surface area (Å²) in [6, 6.07) is 14.9. The second-order valence-electron chi connectivity index (χ2n) is 5.43. The van der Waals surface area contributed by atoms with Gasteiger partial charge in [0.05, 0.1) is 16.6 Å². The van der Waals surface area contributed by atoms with Crippen LogP contribution in [-0.2, 0) is 11.3 Å². The number of carboxylic acid groups (broad SMARTS) is 1. The van der Waals surface area contributed by atoms with Crippen LogP contribution in [0.5, 0.6) is 0 Å². The van der Waals surface area contributed by atoms with E-state index < -0.39 is 5.97 Å². The number of para-hydroxylation sites is 1. The van der Waals surface area contributed by atoms with Crippen LogP contribution in [0.2, 0.25) is 0 Å². The maximum atomic E-state index is 12.4. The van der Waals surface area contributed by atoms with Crippen LogP contribution in [0.3, 0.4) is 0 Å². The lowest BCUT2D eigenvalue weighted by Gasteiger charge is -2.02. The quantitative estimate of drug-likeness (QED) is 0.792. The number of carbonyl (C=O) groups is 2. The Kier molecular flexibility index (Phi) is 4.57. The zero-order valence-corrected chi connectivity index (χ0v) is 13.9. The van der Waals surface area contributed by atoms with Gasteiger partial charge >= 0.3 is 5.97 Å². The molecule has 2 aromatic carbocycles. The van der Waals surface area contributed by atoms with Crippen molar-refractivity contribution >= 4 is 33.4 Å². The van der Waals surface area contributed by atoms with Crippen molar-refractivity contribution in [2.75, 3.05) is 0 Å². The van der Waals surface area contributed by atoms with E-state index in [0.717, 1.165) is 15.8 Å². The van der Waals surface area contributed by atoms with E-state index in [2.05, 4.69) is 4.99 Å². The van der Waals surface area contributed by atoms with Crippen LogP contribution >= 0.6 is 11.3 Å². The van der Waals surface area contributed by atoms with Crippen LogP contribution in [0, 0.1) is 6.92 Å². The number of amides is 1. The molecule has 1 N–H and O–H groups in total. The Balaban J connectivity index is 2.06. The van der Waals surface area contributed by atoms with Crippen molar-refractivity contribution in [2.45, 2.75) is 19.9 Å². The summed E-state index contributed by atoms with van der Waals surface area (Å²) in [5.74, 6) is -1.21. The summed E-state index contributed by atoms with van der Waals surface area (Å²) in [7, 11) is 0. The first-order chi connectivity index (χ1) is 11.5. The highest BCUT2D eigenvalue weighted by atomic mass is 32.1. The number of benzene rings is 2. The molecule has 5 nitrogen and oxygen atoms in total. The van der Waals surface area contributed by atoms with Crippen LogP contribution in [0.15, 0.2) is 53.5 Å². The number of aliphatic carboxylic acids is 1. The monoisotopic (exact) mass is 340 g/mol. The zero-order valence-electron chi connectivity index (χ0n) is 13.1. The fourth-order valence-corrected chi connectivity index (χ4v) is 3.43. The third kappa shape index (κ3) is 3.44. The van der Waals surface area contributed by atoms with E-state index in [1.54, 1.807) is 16.7 Å². The Bertz CT molecular complexity index is 968. The number of nitrogens with zero attached hydrogens (tertiary/aromatic N) is 2. The molecule has 0 fully saturated rings. The van der Waals surface area contributed by atoms with Gasteiger partial charge in [-0.2, -0.15) is 4.99 Å². The first-order valence-corrected chi connectivity index (χ1v) is 8.32. The van der Waals surface area contributed by atoms with Crippen LogP contribution in [0.1, 0.15) is 22.3 Å². The minimum atomic E-state index is -0.881. The molecular formula is C18H16N2O3S. The molecule has 24 heavy (non-hydrogen) atoms. The molecule has 0 saturated carbocycles. The topological polar surface area (TPSA) is 71.7 Å². The molecule has 3 rings (SSSR count). The highest BCUT2D eigenvalue weighted by Gasteiger charge is 2.10. The Morgan fingerprint density at radius 2 is 1.83 bits per heavy atom. The Hall–Kier alpha value is -2.73. The van der Waals surface area contributed by atoms with Gasteiger partial charge < -0.3 is 9.67 Å². The van der Waals surface area contributed by atoms with Crippen LogP contribution in [-0.4, -0.2) is 21.6 Å². The maximum absolute atomic E-state index is 12.4. The predicted octanol–water partition coefficient (Wildman–Crippen LogP) is 3.23. The third-order valence-electron chi connectivity index (χ3n) is 3.63. The molecule has 1 aromatic heterocycles. The Morgan fingerprint density at radius 3 is 2.54 bits per heavy atom. The van der Waals surface area contributed by atoms with Crippen molar-refractivity contribution in [3.63, 3.8) is 0 Å². The number of hydrogen-bond acceptors (Lipinski definition) is 3. The van der Waals surface area contributed by atoms with Crippen LogP contribution in [0.25, 0.3) is 10.2 Å². The second-order valence-corrected chi connectivity index (χ2v) is 6.44. The lowest BCUT2D eigenvalue weighted by atomic mass is 10.1. The molecule has 0 saturated heterocycles. The number of carboxylic acids is 1. The molecule has 0 bridgehead atoms. The van der Waals surface area contributed by atoms with Crippen molar-refractivity contribution in [3.8, 4) is 0 Å². The predicted molar refractivity (Wildman–Crippen MR) is 93.1 cm³/mol. The van der Waals surface area contributed by atoms with Gasteiger partial charge in [-0.3, -0.25) is 9.59 Å². The number of thiazole rings is 1. The first kappa shape index (κ1) is 16.1. The number of rotatable bonds is 4. The minimum Gasteiger partial charge on any atom is -0.481 e. The lowest BCUT2D eigenvalue weighted by Crippen LogP contribution is -2.18. The SMILES string of the molecule is Cc1ccc(C(=O)N=c2sc3ccccc3n2CCC(=O)O)cc1. The molecule has 3 aromatic rings. The largest absolute Gasteiger partial charge is 0.481 e. The summed E-state index contributed by atoms with van der Waals surface area (Å²) in [4.78, 5) is 28.1. The van der Waals surface area contributed by atoms with Gasteiger partial charge in [-0.25, -0.2) is 0 Å². The standard InChI is InChI=1S/C18H16N2O3S/c1-12-6-8-13(9-7-12)17(23)19-18-20(11-10-16(21)22)14-4-2-3-5-15(14)24-18/h2-9H,10-11H2,1H3,(H,21,22). The van der Waals surface area contributed by atoms with E-state index >= 15 is 0 Å². The van der Waals surface area contributed by atoms with Gasteiger partial charge in [-0.1, -0.05) is 41.2 Å². The molecule has 0 aliphatic rings. The molecular weight excluding hydrogens is 324 g/mol. The highest BCUT2D eigenvalue weighted by Crippen LogP contribution is 2.17. The van der Waals surface area contributed by atoms with Gasteiger partial charge in [0.15, 0.2) is 4.80 Å². The molecule has 0 atom stereocenters. The molecule has 0 aliphatic heterocycles. The Morgan fingerprint density at radius 1 is 1.12 bits per heavy atom. The van der Waals surface area contributed by atoms with E-state index in [4.69, 9.17) is 5.11 Å². The first-order valence-electron chi connectivity index (χ1n) is 7.50. The molecule has 0 radical (unpaired) electrons. The average Bonchev–Trinajstić information content (AvgIpc) is 2.90. The molecule has 1 amide bonds. The average molecular weight is 340 g/mol. The number of carbonyl (C=O) groups excluding carboxylic acids is 1. The van der Waals surface area contributed by atoms with Crippen molar-refractivity contribution in [1.29, 1.82) is 0 Å². The van der Waals surface area contributed by atoms with Crippen molar-refractivity contribution in [2.24, 2.45) is 4.99 Å². The van der Waals surface area contributed by atoms with E-state index in [-0.39, 0.29) is 18.9 Å². The summed E-state index contributed by atoms with van der Waals surface area (Å²) in [6.45, 7) is 2.23. The van der Waals surface area contributed by atoms with E-state index in [1.165, 1.54) is 11.3 Å². The Labute approximate surface area is 142 Å². The lowest BCUT2D eigenvalue weighted by molar-refractivity contribution is -0.137. The zero-order chi connectivity index (χ0) is 17.1. The molecule has 1 heterocycles. The van der Waals surface area contributed by atoms with Gasteiger partial charge in [0, 0.05) is 12.1 Å². The maximum Gasteiger partial charge on any atom is 0.305 e. The summed E-state index contributed by atoms with van der Waals surface area (Å²) in [6.07, 6.45) is -0.0212. The van der Waals surface area contributed by atoms with Gasteiger partial charge in [-0.15, -0.1) is 0 Å². The normalized spacial score (nSPS) is 11.8. The van der Waals surface area contributed by atoms with E-state index in [0.29, 0.717) is 10.4 Å². The fraction of sp³-hybridized carbons (Fsp3) is 0.167. The fourth-order valence-electron chi connectivity index (χ4n) is 2.38. The molecule has 0 aliphatic carbocycles. The summed E-state index contributed by atoms with van der Waals surface area (Å²) >= 11 is 1.38. The molecule has 0 unspecified atom stereocenters. The van der Waals surface area contributed by atoms with Crippen LogP contribution < -0.4 is 4.80 Å². The summed E-state index contributed by atoms with van der Waals surface area (Å²) in [5, 5.41) is 8.95. The number of hydrogen-bond donors (Lipinski definition) is 1. The molecule has 122 valence electrons. The smallest absolute Gasteiger partial charge is 0.305 e. The van der Waals surface area contributed by atoms with Gasteiger partial charge in [0.25, 0.3) is 5.91 Å². The summed E-state index contributed by atoms with van der Waals surface area (Å²) in [5.41, 5.74) is 2.48.